The molecule has 5 heteroatoms. The molecule has 0 saturated heterocycles. The van der Waals surface area contributed by atoms with E-state index in [0.29, 0.717) is 0 Å². The van der Waals surface area contributed by atoms with Gasteiger partial charge in [-0.1, -0.05) is 13.8 Å². The maximum atomic E-state index is 11.5. The summed E-state index contributed by atoms with van der Waals surface area (Å²) < 4.78 is 6.78. The van der Waals surface area contributed by atoms with Gasteiger partial charge < -0.3 is 14.6 Å². The van der Waals surface area contributed by atoms with E-state index in [2.05, 4.69) is 10.3 Å². The number of carbonyl (C=O) groups is 1. The third kappa shape index (κ3) is 4.56. The predicted octanol–water partition coefficient (Wildman–Crippen LogP) is 1.06. The number of hydrogen-bond donors (Lipinski definition) is 1. The highest BCUT2D eigenvalue weighted by molar-refractivity contribution is 5.75. The highest BCUT2D eigenvalue weighted by atomic mass is 16.5. The Hall–Kier alpha value is -1.36. The number of rotatable bonds is 7. The van der Waals surface area contributed by atoms with Crippen LogP contribution in [0.5, 0.6) is 0 Å². The average Bonchev–Trinajstić information content (AvgIpc) is 2.80. The van der Waals surface area contributed by atoms with Crippen LogP contribution < -0.4 is 5.32 Å². The van der Waals surface area contributed by atoms with Gasteiger partial charge in [-0.25, -0.2) is 4.98 Å². The fourth-order valence-electron chi connectivity index (χ4n) is 1.66. The van der Waals surface area contributed by atoms with E-state index in [9.17, 15) is 4.79 Å². The van der Waals surface area contributed by atoms with Gasteiger partial charge in [0.25, 0.3) is 0 Å². The smallest absolute Gasteiger partial charge is 0.323 e. The Balaban J connectivity index is 2.25. The van der Waals surface area contributed by atoms with Crippen LogP contribution >= 0.6 is 0 Å². The van der Waals surface area contributed by atoms with Gasteiger partial charge in [0, 0.05) is 18.9 Å². The molecule has 0 aliphatic heterocycles. The second kappa shape index (κ2) is 7.06. The molecule has 1 atom stereocenters. The van der Waals surface area contributed by atoms with Crippen LogP contribution in [0.2, 0.25) is 0 Å². The van der Waals surface area contributed by atoms with Crippen LogP contribution in [0.4, 0.5) is 0 Å². The molecule has 0 fully saturated rings. The van der Waals surface area contributed by atoms with E-state index in [1.807, 2.05) is 24.6 Å². The molecule has 1 rings (SSSR count). The van der Waals surface area contributed by atoms with E-state index in [1.165, 1.54) is 7.11 Å². The van der Waals surface area contributed by atoms with Crippen LogP contribution in [-0.4, -0.2) is 35.2 Å². The zero-order valence-corrected chi connectivity index (χ0v) is 10.7. The number of imidazole rings is 1. The van der Waals surface area contributed by atoms with Crippen LogP contribution in [-0.2, 0) is 16.1 Å². The van der Waals surface area contributed by atoms with Crippen LogP contribution in [0.25, 0.3) is 0 Å². The van der Waals surface area contributed by atoms with Gasteiger partial charge in [-0.15, -0.1) is 0 Å². The van der Waals surface area contributed by atoms with E-state index in [1.54, 1.807) is 12.5 Å². The third-order valence-corrected chi connectivity index (χ3v) is 2.64. The number of aromatic nitrogens is 2. The van der Waals surface area contributed by atoms with Crippen LogP contribution in [0.1, 0.15) is 20.3 Å². The maximum Gasteiger partial charge on any atom is 0.323 e. The molecule has 0 bridgehead atoms. The molecule has 0 radical (unpaired) electrons. The fraction of sp³-hybridized carbons (Fsp3) is 0.667. The Morgan fingerprint density at radius 1 is 1.53 bits per heavy atom. The molecule has 0 aromatic carbocycles. The largest absolute Gasteiger partial charge is 0.468 e. The molecule has 1 N–H and O–H groups in total. The van der Waals surface area contributed by atoms with E-state index < -0.39 is 0 Å². The zero-order chi connectivity index (χ0) is 12.7. The van der Waals surface area contributed by atoms with Crippen LogP contribution in [0, 0.1) is 5.92 Å². The van der Waals surface area contributed by atoms with Crippen molar-refractivity contribution in [2.45, 2.75) is 32.9 Å². The molecule has 0 aliphatic rings. The van der Waals surface area contributed by atoms with Crippen molar-refractivity contribution >= 4 is 5.97 Å². The van der Waals surface area contributed by atoms with E-state index in [0.717, 1.165) is 19.5 Å². The van der Waals surface area contributed by atoms with Gasteiger partial charge in [-0.05, 0) is 18.9 Å². The first-order valence-corrected chi connectivity index (χ1v) is 5.92. The number of methoxy groups -OCH3 is 1. The normalized spacial score (nSPS) is 12.7. The number of carbonyl (C=O) groups excluding carboxylic acids is 1. The maximum absolute atomic E-state index is 11.5. The third-order valence-electron chi connectivity index (χ3n) is 2.64. The predicted molar refractivity (Wildman–Crippen MR) is 65.5 cm³/mol. The van der Waals surface area contributed by atoms with Gasteiger partial charge in [0.1, 0.15) is 6.04 Å². The molecule has 5 nitrogen and oxygen atoms in total. The second-order valence-electron chi connectivity index (χ2n) is 4.35. The van der Waals surface area contributed by atoms with Crippen molar-refractivity contribution in [2.24, 2.45) is 5.92 Å². The Morgan fingerprint density at radius 3 is 2.82 bits per heavy atom. The molecule has 1 aromatic rings. The van der Waals surface area contributed by atoms with E-state index in [4.69, 9.17) is 4.74 Å². The lowest BCUT2D eigenvalue weighted by molar-refractivity contribution is -0.144. The highest BCUT2D eigenvalue weighted by Crippen LogP contribution is 2.03. The summed E-state index contributed by atoms with van der Waals surface area (Å²) in [4.78, 5) is 15.5. The zero-order valence-electron chi connectivity index (χ0n) is 10.7. The summed E-state index contributed by atoms with van der Waals surface area (Å²) in [6.45, 7) is 5.70. The number of ether oxygens (including phenoxy) is 1. The second-order valence-corrected chi connectivity index (χ2v) is 4.35. The molecule has 96 valence electrons. The number of esters is 1. The minimum atomic E-state index is -0.220. The van der Waals surface area contributed by atoms with Crippen molar-refractivity contribution in [1.29, 1.82) is 0 Å². The van der Waals surface area contributed by atoms with Crippen molar-refractivity contribution in [1.82, 2.24) is 14.9 Å². The molecular formula is C12H21N3O2. The Kier molecular flexibility index (Phi) is 5.69. The van der Waals surface area contributed by atoms with Gasteiger partial charge in [0.2, 0.25) is 0 Å². The molecule has 0 saturated carbocycles. The SMILES string of the molecule is COC(=O)C(NCCCn1ccnc1)C(C)C. The first kappa shape index (κ1) is 13.7. The summed E-state index contributed by atoms with van der Waals surface area (Å²) in [5.41, 5.74) is 0. The summed E-state index contributed by atoms with van der Waals surface area (Å²) in [5, 5.41) is 3.22. The lowest BCUT2D eigenvalue weighted by Crippen LogP contribution is -2.42. The minimum absolute atomic E-state index is 0.192. The first-order valence-electron chi connectivity index (χ1n) is 5.92. The minimum Gasteiger partial charge on any atom is -0.468 e. The van der Waals surface area contributed by atoms with E-state index in [-0.39, 0.29) is 17.9 Å². The standard InChI is InChI=1S/C12H21N3O2/c1-10(2)11(12(16)17-3)14-5-4-7-15-8-6-13-9-15/h6,8-11,14H,4-5,7H2,1-3H3. The topological polar surface area (TPSA) is 56.1 Å². The van der Waals surface area contributed by atoms with Gasteiger partial charge in [0.15, 0.2) is 0 Å². The summed E-state index contributed by atoms with van der Waals surface area (Å²) in [5.74, 6) is 0.0401. The first-order chi connectivity index (χ1) is 8.15. The fourth-order valence-corrected chi connectivity index (χ4v) is 1.66. The van der Waals surface area contributed by atoms with Gasteiger partial charge in [-0.2, -0.15) is 0 Å². The van der Waals surface area contributed by atoms with E-state index >= 15 is 0 Å². The molecular weight excluding hydrogens is 218 g/mol. The van der Waals surface area contributed by atoms with Gasteiger partial charge >= 0.3 is 5.97 Å². The summed E-state index contributed by atoms with van der Waals surface area (Å²) in [7, 11) is 1.42. The number of aryl methyl sites for hydroxylation is 1. The summed E-state index contributed by atoms with van der Waals surface area (Å²) in [6, 6.07) is -0.220. The molecule has 17 heavy (non-hydrogen) atoms. The Labute approximate surface area is 102 Å². The number of hydrogen-bond acceptors (Lipinski definition) is 4. The molecule has 1 unspecified atom stereocenters. The molecule has 1 heterocycles. The number of nitrogens with zero attached hydrogens (tertiary/aromatic N) is 2. The molecule has 0 aliphatic carbocycles. The van der Waals surface area contributed by atoms with Crippen molar-refractivity contribution in [2.75, 3.05) is 13.7 Å². The number of nitrogens with one attached hydrogen (secondary N) is 1. The lowest BCUT2D eigenvalue weighted by atomic mass is 10.0. The Bertz CT molecular complexity index is 323. The summed E-state index contributed by atoms with van der Waals surface area (Å²) >= 11 is 0. The van der Waals surface area contributed by atoms with Crippen molar-refractivity contribution in [3.8, 4) is 0 Å². The highest BCUT2D eigenvalue weighted by Gasteiger charge is 2.21. The molecule has 1 aromatic heterocycles. The van der Waals surface area contributed by atoms with Crippen LogP contribution in [0.3, 0.4) is 0 Å². The van der Waals surface area contributed by atoms with Crippen molar-refractivity contribution in [3.63, 3.8) is 0 Å². The van der Waals surface area contributed by atoms with Gasteiger partial charge in [-0.3, -0.25) is 4.79 Å². The molecule has 0 amide bonds. The molecule has 0 spiro atoms. The summed E-state index contributed by atoms with van der Waals surface area (Å²) in [6.07, 6.45) is 6.44. The Morgan fingerprint density at radius 2 is 2.29 bits per heavy atom. The van der Waals surface area contributed by atoms with Crippen molar-refractivity contribution < 1.29 is 9.53 Å². The van der Waals surface area contributed by atoms with Crippen LogP contribution in [0.15, 0.2) is 18.7 Å². The van der Waals surface area contributed by atoms with Gasteiger partial charge in [0.05, 0.1) is 13.4 Å². The van der Waals surface area contributed by atoms with Crippen molar-refractivity contribution in [3.05, 3.63) is 18.7 Å². The quantitative estimate of drug-likeness (QED) is 0.571. The monoisotopic (exact) mass is 239 g/mol. The lowest BCUT2D eigenvalue weighted by Gasteiger charge is -2.19. The average molecular weight is 239 g/mol.